The number of carbonyl (C=O) groups is 1. The van der Waals surface area contributed by atoms with Crippen molar-refractivity contribution in [3.63, 3.8) is 0 Å². The fourth-order valence-corrected chi connectivity index (χ4v) is 5.52. The highest BCUT2D eigenvalue weighted by molar-refractivity contribution is 5.88. The van der Waals surface area contributed by atoms with Crippen molar-refractivity contribution in [3.8, 4) is 11.3 Å². The fourth-order valence-electron chi connectivity index (χ4n) is 5.52. The van der Waals surface area contributed by atoms with E-state index in [1.165, 1.54) is 16.7 Å². The molecule has 1 N–H and O–H groups in total. The van der Waals surface area contributed by atoms with Gasteiger partial charge in [-0.1, -0.05) is 6.92 Å². The summed E-state index contributed by atoms with van der Waals surface area (Å²) in [6.45, 7) is 2.89. The molecule has 9 heteroatoms. The minimum atomic E-state index is -1.96. The normalized spacial score (nSPS) is 20.7. The summed E-state index contributed by atoms with van der Waals surface area (Å²) in [6.07, 6.45) is 2.35. The van der Waals surface area contributed by atoms with Crippen LogP contribution in [0.1, 0.15) is 43.0 Å². The van der Waals surface area contributed by atoms with E-state index in [-0.39, 0.29) is 41.5 Å². The van der Waals surface area contributed by atoms with Gasteiger partial charge in [-0.2, -0.15) is 0 Å². The molecule has 3 aliphatic rings. The molecule has 1 fully saturated rings. The lowest BCUT2D eigenvalue weighted by Crippen LogP contribution is -2.44. The number of hydrogen-bond acceptors (Lipinski definition) is 6. The number of aromatic nitrogens is 2. The third-order valence-corrected chi connectivity index (χ3v) is 7.79. The van der Waals surface area contributed by atoms with E-state index in [1.54, 1.807) is 19.1 Å². The first-order chi connectivity index (χ1) is 16.7. The molecule has 2 aromatic heterocycles. The number of aliphatic hydroxyl groups is 1. The lowest BCUT2D eigenvalue weighted by atomic mass is 9.86. The number of pyridine rings is 2. The maximum absolute atomic E-state index is 14.2. The van der Waals surface area contributed by atoms with Gasteiger partial charge in [-0.05, 0) is 50.6 Å². The Morgan fingerprint density at radius 1 is 1.23 bits per heavy atom. The Labute approximate surface area is 200 Å². The van der Waals surface area contributed by atoms with E-state index in [4.69, 9.17) is 4.74 Å². The van der Waals surface area contributed by atoms with E-state index in [1.807, 2.05) is 4.57 Å². The van der Waals surface area contributed by atoms with Crippen LogP contribution < -0.4 is 11.0 Å². The highest BCUT2D eigenvalue weighted by Crippen LogP contribution is 2.38. The zero-order valence-corrected chi connectivity index (χ0v) is 19.6. The average Bonchev–Trinajstić information content (AvgIpc) is 3.62. The predicted molar refractivity (Wildman–Crippen MR) is 127 cm³/mol. The van der Waals surface area contributed by atoms with Gasteiger partial charge in [-0.25, -0.2) is 9.18 Å². The number of cyclic esters (lactones) is 1. The molecule has 0 unspecified atom stereocenters. The van der Waals surface area contributed by atoms with Crippen LogP contribution in [0.3, 0.4) is 0 Å². The molecular formula is C26H26FN3O5. The smallest absolute Gasteiger partial charge is 0.343 e. The molecule has 1 atom stereocenters. The van der Waals surface area contributed by atoms with Crippen molar-refractivity contribution in [1.29, 1.82) is 0 Å². The molecule has 0 bridgehead atoms. The van der Waals surface area contributed by atoms with Crippen LogP contribution in [0.15, 0.2) is 33.9 Å². The topological polar surface area (TPSA) is 93.8 Å². The first-order valence-electron chi connectivity index (χ1n) is 12.0. The number of ether oxygens (including phenoxy) is 1. The van der Waals surface area contributed by atoms with Crippen LogP contribution in [0.2, 0.25) is 0 Å². The molecule has 1 aromatic carbocycles. The summed E-state index contributed by atoms with van der Waals surface area (Å²) in [4.78, 5) is 41.8. The number of benzene rings is 1. The summed E-state index contributed by atoms with van der Waals surface area (Å²) in [5, 5.41) is 11.3. The van der Waals surface area contributed by atoms with Crippen molar-refractivity contribution in [1.82, 2.24) is 14.0 Å². The third kappa shape index (κ3) is 3.14. The van der Waals surface area contributed by atoms with Crippen LogP contribution in [-0.4, -0.2) is 44.7 Å². The van der Waals surface area contributed by atoms with Crippen LogP contribution in [0, 0.1) is 5.82 Å². The fraction of sp³-hybridized carbons (Fsp3) is 0.423. The second kappa shape index (κ2) is 7.60. The number of hydrogen-bond donors (Lipinski definition) is 1. The number of nitrogens with zero attached hydrogens (tertiary/aromatic N) is 3. The molecule has 3 aromatic rings. The molecular weight excluding hydrogens is 453 g/mol. The van der Waals surface area contributed by atoms with Crippen LogP contribution >= 0.6 is 0 Å². The maximum Gasteiger partial charge on any atom is 0.343 e. The summed E-state index contributed by atoms with van der Waals surface area (Å²) >= 11 is 0. The number of carbonyl (C=O) groups excluding carboxylic acids is 1. The van der Waals surface area contributed by atoms with Gasteiger partial charge >= 0.3 is 5.97 Å². The molecule has 35 heavy (non-hydrogen) atoms. The maximum atomic E-state index is 14.2. The Morgan fingerprint density at radius 2 is 2.00 bits per heavy atom. The van der Waals surface area contributed by atoms with Crippen molar-refractivity contribution in [3.05, 3.63) is 67.5 Å². The molecule has 8 nitrogen and oxygen atoms in total. The number of rotatable bonds is 5. The lowest BCUT2D eigenvalue weighted by molar-refractivity contribution is -0.172. The number of fused-ring (bicyclic) bond motifs is 5. The van der Waals surface area contributed by atoms with Gasteiger partial charge in [0.2, 0.25) is 0 Å². The summed E-state index contributed by atoms with van der Waals surface area (Å²) < 4.78 is 22.8. The molecule has 0 radical (unpaired) electrons. The molecule has 182 valence electrons. The summed E-state index contributed by atoms with van der Waals surface area (Å²) in [5.41, 5.74) is -0.388. The first-order valence-corrected chi connectivity index (χ1v) is 12.0. The summed E-state index contributed by atoms with van der Waals surface area (Å²) in [6, 6.07) is 6.31. The molecule has 1 aliphatic carbocycles. The third-order valence-electron chi connectivity index (χ3n) is 7.79. The summed E-state index contributed by atoms with van der Waals surface area (Å²) in [7, 11) is 2.07. The summed E-state index contributed by atoms with van der Waals surface area (Å²) in [5.74, 6) is -1.32. The second-order valence-corrected chi connectivity index (χ2v) is 9.78. The molecule has 0 spiro atoms. The van der Waals surface area contributed by atoms with Crippen molar-refractivity contribution in [2.75, 3.05) is 13.6 Å². The van der Waals surface area contributed by atoms with Crippen LogP contribution in [0.5, 0.6) is 0 Å². The second-order valence-electron chi connectivity index (χ2n) is 9.78. The van der Waals surface area contributed by atoms with E-state index >= 15 is 0 Å². The Hall–Kier alpha value is -3.30. The van der Waals surface area contributed by atoms with E-state index in [2.05, 4.69) is 11.9 Å². The Morgan fingerprint density at radius 3 is 2.71 bits per heavy atom. The number of esters is 1. The Kier molecular flexibility index (Phi) is 4.82. The highest BCUT2D eigenvalue weighted by atomic mass is 19.1. The van der Waals surface area contributed by atoms with Crippen molar-refractivity contribution in [2.45, 2.75) is 57.5 Å². The monoisotopic (exact) mass is 479 g/mol. The predicted octanol–water partition coefficient (Wildman–Crippen LogP) is 2.08. The zero-order chi connectivity index (χ0) is 24.6. The van der Waals surface area contributed by atoms with Crippen molar-refractivity contribution >= 4 is 16.9 Å². The van der Waals surface area contributed by atoms with Crippen molar-refractivity contribution < 1.29 is 19.0 Å². The van der Waals surface area contributed by atoms with Crippen LogP contribution in [-0.2, 0) is 34.8 Å². The number of likely N-dealkylation sites (N-methyl/N-ethyl adjacent to an activating group) is 1. The highest BCUT2D eigenvalue weighted by Gasteiger charge is 2.45. The Balaban J connectivity index is 1.60. The minimum Gasteiger partial charge on any atom is -0.458 e. The van der Waals surface area contributed by atoms with Gasteiger partial charge in [0, 0.05) is 30.1 Å². The van der Waals surface area contributed by atoms with Gasteiger partial charge in [0.05, 0.1) is 34.6 Å². The van der Waals surface area contributed by atoms with Gasteiger partial charge in [0.1, 0.15) is 12.4 Å². The van der Waals surface area contributed by atoms with Gasteiger partial charge < -0.3 is 23.9 Å². The Bertz CT molecular complexity index is 1540. The number of halogens is 1. The molecule has 6 rings (SSSR count). The molecule has 2 aliphatic heterocycles. The van der Waals surface area contributed by atoms with Gasteiger partial charge in [0.25, 0.3) is 5.56 Å². The van der Waals surface area contributed by atoms with Gasteiger partial charge in [0.15, 0.2) is 11.0 Å². The average molecular weight is 480 g/mol. The minimum absolute atomic E-state index is 0.0231. The van der Waals surface area contributed by atoms with E-state index in [9.17, 15) is 23.9 Å². The van der Waals surface area contributed by atoms with E-state index in [0.29, 0.717) is 35.1 Å². The van der Waals surface area contributed by atoms with E-state index in [0.717, 1.165) is 19.4 Å². The SMILES string of the molecule is CC[C@@]1(O)C(=O)OCc2c1cc1n(c2=O)Cc2c-1c(=O)c1cc(F)ccc1n2CCN(C)C1CC1. The quantitative estimate of drug-likeness (QED) is 0.441. The van der Waals surface area contributed by atoms with Crippen LogP contribution in [0.4, 0.5) is 4.39 Å². The zero-order valence-electron chi connectivity index (χ0n) is 19.6. The first kappa shape index (κ1) is 22.2. The van der Waals surface area contributed by atoms with E-state index < -0.39 is 22.9 Å². The van der Waals surface area contributed by atoms with Gasteiger partial charge in [-0.3, -0.25) is 9.59 Å². The van der Waals surface area contributed by atoms with Gasteiger partial charge in [-0.15, -0.1) is 0 Å². The van der Waals surface area contributed by atoms with Crippen LogP contribution in [0.25, 0.3) is 22.2 Å². The largest absolute Gasteiger partial charge is 0.458 e. The molecule has 4 heterocycles. The standard InChI is InChI=1S/C26H26FN3O5/c1-3-26(34)18-11-20-22-21(12-30(20)24(32)17(18)13-35-25(26)33)29(9-8-28(2)15-5-6-15)19-7-4-14(27)10-16(19)23(22)31/h4,7,10-11,15,34H,3,5-6,8-9,12-13H2,1-2H3/t26-/m0/s1. The lowest BCUT2D eigenvalue weighted by Gasteiger charge is -2.31. The molecule has 0 saturated heterocycles. The van der Waals surface area contributed by atoms with Crippen molar-refractivity contribution in [2.24, 2.45) is 0 Å². The molecule has 1 saturated carbocycles. The molecule has 0 amide bonds.